The lowest BCUT2D eigenvalue weighted by Gasteiger charge is -2.40. The number of likely N-dealkylation sites (tertiary alicyclic amines) is 1. The van der Waals surface area contributed by atoms with Crippen molar-refractivity contribution >= 4 is 40.0 Å². The van der Waals surface area contributed by atoms with Crippen LogP contribution in [0.4, 0.5) is 4.39 Å². The maximum Gasteiger partial charge on any atom is 0.254 e. The minimum absolute atomic E-state index is 0.00944. The highest BCUT2D eigenvalue weighted by Gasteiger charge is 2.32. The number of hydrogen-bond acceptors (Lipinski definition) is 6. The molecule has 5 nitrogen and oxygen atoms in total. The lowest BCUT2D eigenvalue weighted by atomic mass is 9.84. The number of thiophene rings is 1. The quantitative estimate of drug-likeness (QED) is 0.341. The fourth-order valence-electron chi connectivity index (χ4n) is 4.93. The first-order valence-electron chi connectivity index (χ1n) is 11.5. The summed E-state index contributed by atoms with van der Waals surface area (Å²) in [5, 5.41) is 3.81. The van der Waals surface area contributed by atoms with Gasteiger partial charge in [-0.3, -0.25) is 9.69 Å². The first-order chi connectivity index (χ1) is 16.6. The summed E-state index contributed by atoms with van der Waals surface area (Å²) in [6.07, 6.45) is 2.47. The Morgan fingerprint density at radius 1 is 1.15 bits per heavy atom. The molecule has 2 aromatic heterocycles. The van der Waals surface area contributed by atoms with Crippen molar-refractivity contribution in [3.63, 3.8) is 0 Å². The van der Waals surface area contributed by atoms with Crippen molar-refractivity contribution in [1.29, 1.82) is 0 Å². The van der Waals surface area contributed by atoms with Crippen LogP contribution in [0.1, 0.15) is 34.3 Å². The second-order valence-electron chi connectivity index (χ2n) is 8.99. The van der Waals surface area contributed by atoms with Crippen LogP contribution >= 0.6 is 23.1 Å². The molecule has 0 aliphatic carbocycles. The van der Waals surface area contributed by atoms with Gasteiger partial charge in [0.05, 0.1) is 17.3 Å². The zero-order valence-corrected chi connectivity index (χ0v) is 20.7. The van der Waals surface area contributed by atoms with Crippen LogP contribution in [0.25, 0.3) is 11.0 Å². The summed E-state index contributed by atoms with van der Waals surface area (Å²) in [7, 11) is 1.87. The van der Waals surface area contributed by atoms with Crippen molar-refractivity contribution in [2.45, 2.75) is 31.8 Å². The summed E-state index contributed by atoms with van der Waals surface area (Å²) in [5.41, 5.74) is 4.52. The molecule has 2 aromatic carbocycles. The summed E-state index contributed by atoms with van der Waals surface area (Å²) in [5.74, 6) is 0.122. The van der Waals surface area contributed by atoms with Crippen LogP contribution in [-0.2, 0) is 13.0 Å². The Morgan fingerprint density at radius 3 is 2.71 bits per heavy atom. The molecule has 1 aliphatic rings. The second kappa shape index (κ2) is 10.3. The summed E-state index contributed by atoms with van der Waals surface area (Å²) in [4.78, 5) is 17.5. The third-order valence-corrected chi connectivity index (χ3v) is 8.11. The number of carbonyl (C=O) groups is 1. The van der Waals surface area contributed by atoms with Crippen molar-refractivity contribution in [3.8, 4) is 0 Å². The van der Waals surface area contributed by atoms with E-state index in [-0.39, 0.29) is 17.8 Å². The fourth-order valence-corrected chi connectivity index (χ4v) is 6.08. The van der Waals surface area contributed by atoms with E-state index in [1.54, 1.807) is 6.07 Å². The Kier molecular flexibility index (Phi) is 6.99. The maximum atomic E-state index is 14.5. The number of likely N-dealkylation sites (N-methyl/N-ethyl adjacent to an activating group) is 1. The van der Waals surface area contributed by atoms with Crippen molar-refractivity contribution in [3.05, 3.63) is 81.8 Å². The number of rotatable bonds is 7. The van der Waals surface area contributed by atoms with Gasteiger partial charge in [-0.1, -0.05) is 24.3 Å². The molecule has 1 amide bonds. The van der Waals surface area contributed by atoms with E-state index in [1.165, 1.54) is 34.7 Å². The second-order valence-corrected chi connectivity index (χ2v) is 10.3. The lowest BCUT2D eigenvalue weighted by Crippen LogP contribution is -2.47. The smallest absolute Gasteiger partial charge is 0.254 e. The number of nitrogens with zero attached hydrogens (tertiary/aromatic N) is 4. The topological polar surface area (TPSA) is 49.3 Å². The molecule has 34 heavy (non-hydrogen) atoms. The number of carbonyl (C=O) groups excluding carboxylic acids is 1. The number of halogens is 1. The van der Waals surface area contributed by atoms with Crippen molar-refractivity contribution in [2.75, 3.05) is 20.1 Å². The van der Waals surface area contributed by atoms with Gasteiger partial charge in [0.1, 0.15) is 16.9 Å². The minimum atomic E-state index is -0.201. The maximum absolute atomic E-state index is 14.5. The van der Waals surface area contributed by atoms with Gasteiger partial charge in [0, 0.05) is 25.0 Å². The molecule has 5 rings (SSSR count). The van der Waals surface area contributed by atoms with Gasteiger partial charge in [0.15, 0.2) is 0 Å². The van der Waals surface area contributed by atoms with Crippen molar-refractivity contribution in [1.82, 2.24) is 18.5 Å². The Labute approximate surface area is 207 Å². The van der Waals surface area contributed by atoms with Gasteiger partial charge >= 0.3 is 0 Å². The van der Waals surface area contributed by atoms with E-state index in [1.807, 2.05) is 47.0 Å². The first-order valence-corrected chi connectivity index (χ1v) is 13.2. The van der Waals surface area contributed by atoms with Crippen LogP contribution in [0, 0.1) is 11.7 Å². The molecule has 1 aliphatic heterocycles. The van der Waals surface area contributed by atoms with E-state index in [9.17, 15) is 9.18 Å². The molecule has 0 N–H and O–H groups in total. The Morgan fingerprint density at radius 2 is 1.94 bits per heavy atom. The van der Waals surface area contributed by atoms with Crippen LogP contribution in [0.15, 0.2) is 59.3 Å². The molecule has 8 heteroatoms. The van der Waals surface area contributed by atoms with Crippen LogP contribution in [-0.4, -0.2) is 50.6 Å². The van der Waals surface area contributed by atoms with Gasteiger partial charge in [0.25, 0.3) is 5.91 Å². The van der Waals surface area contributed by atoms with Crippen LogP contribution < -0.4 is 0 Å². The number of hydrogen-bond donors (Lipinski definition) is 0. The van der Waals surface area contributed by atoms with Gasteiger partial charge in [-0.15, -0.1) is 0 Å². The van der Waals surface area contributed by atoms with Crippen LogP contribution in [0.3, 0.4) is 0 Å². The van der Waals surface area contributed by atoms with E-state index in [0.29, 0.717) is 23.5 Å². The van der Waals surface area contributed by atoms with Crippen LogP contribution in [0.5, 0.6) is 0 Å². The molecule has 0 saturated carbocycles. The number of fused-ring (bicyclic) bond motifs is 1. The Balaban J connectivity index is 1.29. The molecule has 176 valence electrons. The van der Waals surface area contributed by atoms with Gasteiger partial charge in [-0.25, -0.2) is 4.39 Å². The number of piperidine rings is 1. The SMILES string of the molecule is CN(C(=O)c1ccsc1)C(Cc1ccccc1F)C1CCN(Cc2ccc3nsnc3c2)CC1. The highest BCUT2D eigenvalue weighted by atomic mass is 32.1. The van der Waals surface area contributed by atoms with Crippen LogP contribution in [0.2, 0.25) is 0 Å². The normalized spacial score (nSPS) is 16.1. The number of amides is 1. The van der Waals surface area contributed by atoms with Gasteiger partial charge < -0.3 is 4.90 Å². The zero-order chi connectivity index (χ0) is 23.5. The van der Waals surface area contributed by atoms with E-state index in [0.717, 1.165) is 43.5 Å². The van der Waals surface area contributed by atoms with E-state index in [2.05, 4.69) is 25.8 Å². The average molecular weight is 495 g/mol. The molecule has 0 radical (unpaired) electrons. The fraction of sp³-hybridized carbons (Fsp3) is 0.346. The lowest BCUT2D eigenvalue weighted by molar-refractivity contribution is 0.0584. The summed E-state index contributed by atoms with van der Waals surface area (Å²) in [6, 6.07) is 15.0. The summed E-state index contributed by atoms with van der Waals surface area (Å²) >= 11 is 2.76. The predicted molar refractivity (Wildman–Crippen MR) is 136 cm³/mol. The first kappa shape index (κ1) is 23.1. The monoisotopic (exact) mass is 494 g/mol. The highest BCUT2D eigenvalue weighted by molar-refractivity contribution is 7.08. The predicted octanol–water partition coefficient (Wildman–Crippen LogP) is 5.49. The van der Waals surface area contributed by atoms with E-state index in [4.69, 9.17) is 0 Å². The minimum Gasteiger partial charge on any atom is -0.338 e. The molecular formula is C26H27FN4OS2. The average Bonchev–Trinajstić information content (AvgIpc) is 3.55. The van der Waals surface area contributed by atoms with Crippen molar-refractivity contribution < 1.29 is 9.18 Å². The molecule has 0 bridgehead atoms. The molecule has 1 atom stereocenters. The summed E-state index contributed by atoms with van der Waals surface area (Å²) < 4.78 is 23.2. The Bertz CT molecular complexity index is 1250. The van der Waals surface area contributed by atoms with Gasteiger partial charge in [-0.2, -0.15) is 20.1 Å². The third-order valence-electron chi connectivity index (χ3n) is 6.87. The molecule has 4 aromatic rings. The molecule has 1 fully saturated rings. The van der Waals surface area contributed by atoms with E-state index >= 15 is 0 Å². The zero-order valence-electron chi connectivity index (χ0n) is 19.1. The molecule has 0 spiro atoms. The standard InChI is InChI=1S/C26H27FN4OS2/c1-30(26(32)21-10-13-33-17-21)25(15-20-4-2-3-5-22(20)27)19-8-11-31(12-9-19)16-18-6-7-23-24(14-18)29-34-28-23/h2-7,10,13-14,17,19,25H,8-9,11-12,15-16H2,1H3. The number of aromatic nitrogens is 2. The Hall–Kier alpha value is -2.68. The van der Waals surface area contributed by atoms with Crippen molar-refractivity contribution in [2.24, 2.45) is 5.92 Å². The van der Waals surface area contributed by atoms with Gasteiger partial charge in [-0.05, 0) is 79.0 Å². The molecule has 3 heterocycles. The molecule has 1 saturated heterocycles. The molecule has 1 unspecified atom stereocenters. The van der Waals surface area contributed by atoms with Gasteiger partial charge in [0.2, 0.25) is 0 Å². The summed E-state index contributed by atoms with van der Waals surface area (Å²) in [6.45, 7) is 2.78. The molecular weight excluding hydrogens is 467 g/mol. The third kappa shape index (κ3) is 5.04. The van der Waals surface area contributed by atoms with E-state index < -0.39 is 0 Å². The largest absolute Gasteiger partial charge is 0.338 e. The number of benzene rings is 2. The highest BCUT2D eigenvalue weighted by Crippen LogP contribution is 2.29.